The van der Waals surface area contributed by atoms with Crippen molar-refractivity contribution in [3.05, 3.63) is 95.2 Å². The van der Waals surface area contributed by atoms with E-state index in [4.69, 9.17) is 9.47 Å². The fourth-order valence-electron chi connectivity index (χ4n) is 4.05. The minimum Gasteiger partial charge on any atom is -0.476 e. The summed E-state index contributed by atoms with van der Waals surface area (Å²) in [6, 6.07) is 15.8. The first kappa shape index (κ1) is 24.8. The van der Waals surface area contributed by atoms with E-state index < -0.39 is 0 Å². The molecule has 3 aromatic rings. The van der Waals surface area contributed by atoms with E-state index in [1.807, 2.05) is 0 Å². The number of benzene rings is 2. The van der Waals surface area contributed by atoms with Gasteiger partial charge in [0.15, 0.2) is 0 Å². The lowest BCUT2D eigenvalue weighted by molar-refractivity contribution is 0.0320. The van der Waals surface area contributed by atoms with Gasteiger partial charge >= 0.3 is 0 Å². The van der Waals surface area contributed by atoms with Gasteiger partial charge in [0.2, 0.25) is 5.88 Å². The Kier molecular flexibility index (Phi) is 8.75. The largest absolute Gasteiger partial charge is 0.476 e. The highest BCUT2D eigenvalue weighted by Gasteiger charge is 2.16. The summed E-state index contributed by atoms with van der Waals surface area (Å²) in [5, 5.41) is 2.91. The molecule has 1 aliphatic rings. The highest BCUT2D eigenvalue weighted by Crippen LogP contribution is 2.28. The van der Waals surface area contributed by atoms with E-state index in [0.717, 1.165) is 44.0 Å². The monoisotopic (exact) mass is 481 g/mol. The Morgan fingerprint density at radius 2 is 1.60 bits per heavy atom. The molecule has 0 radical (unpaired) electrons. The molecule has 0 aliphatic carbocycles. The van der Waals surface area contributed by atoms with Crippen LogP contribution in [-0.4, -0.2) is 61.8 Å². The molecule has 2 aromatic carbocycles. The van der Waals surface area contributed by atoms with Crippen LogP contribution in [0.15, 0.2) is 66.9 Å². The lowest BCUT2D eigenvalue weighted by Gasteiger charge is -2.26. The van der Waals surface area contributed by atoms with E-state index in [-0.39, 0.29) is 23.5 Å². The van der Waals surface area contributed by atoms with Gasteiger partial charge in [0, 0.05) is 44.4 Å². The summed E-state index contributed by atoms with van der Waals surface area (Å²) in [6.07, 6.45) is 2.07. The zero-order valence-corrected chi connectivity index (χ0v) is 19.5. The molecule has 0 spiro atoms. The maximum atomic E-state index is 13.4. The van der Waals surface area contributed by atoms with Gasteiger partial charge < -0.3 is 14.8 Å². The molecule has 184 valence electrons. The number of halogens is 2. The minimum atomic E-state index is -0.319. The minimum absolute atomic E-state index is 0.114. The number of hydrogen-bond acceptors (Lipinski definition) is 5. The molecule has 1 aromatic heterocycles. The number of nitrogens with one attached hydrogen (secondary N) is 1. The second kappa shape index (κ2) is 12.4. The Bertz CT molecular complexity index is 1020. The molecule has 2 heterocycles. The Morgan fingerprint density at radius 1 is 0.971 bits per heavy atom. The molecule has 4 rings (SSSR count). The number of nitrogens with zero attached hydrogens (tertiary/aromatic N) is 2. The predicted octanol–water partition coefficient (Wildman–Crippen LogP) is 4.02. The van der Waals surface area contributed by atoms with Gasteiger partial charge in [-0.3, -0.25) is 9.69 Å². The molecule has 0 atom stereocenters. The number of carbonyl (C=O) groups excluding carboxylic acids is 1. The zero-order chi connectivity index (χ0) is 24.5. The Balaban J connectivity index is 1.29. The van der Waals surface area contributed by atoms with Crippen LogP contribution < -0.4 is 10.1 Å². The zero-order valence-electron chi connectivity index (χ0n) is 19.5. The third kappa shape index (κ3) is 7.31. The maximum absolute atomic E-state index is 13.4. The Morgan fingerprint density at radius 3 is 2.17 bits per heavy atom. The van der Waals surface area contributed by atoms with E-state index in [9.17, 15) is 13.6 Å². The summed E-state index contributed by atoms with van der Waals surface area (Å²) in [4.78, 5) is 19.1. The molecule has 35 heavy (non-hydrogen) atoms. The SMILES string of the molecule is O=C(NCCC(c1ccc(F)cc1)c1ccc(F)cc1)c1ccc(OCCN2CCOCC2)nc1. The fourth-order valence-corrected chi connectivity index (χ4v) is 4.05. The molecule has 1 N–H and O–H groups in total. The average Bonchev–Trinajstić information content (AvgIpc) is 2.89. The highest BCUT2D eigenvalue weighted by molar-refractivity contribution is 5.93. The van der Waals surface area contributed by atoms with E-state index in [1.54, 1.807) is 36.4 Å². The molecular weight excluding hydrogens is 452 g/mol. The maximum Gasteiger partial charge on any atom is 0.252 e. The Hall–Kier alpha value is -3.36. The van der Waals surface area contributed by atoms with Crippen LogP contribution >= 0.6 is 0 Å². The van der Waals surface area contributed by atoms with Crippen LogP contribution in [0, 0.1) is 11.6 Å². The highest BCUT2D eigenvalue weighted by atomic mass is 19.1. The number of amides is 1. The lowest BCUT2D eigenvalue weighted by atomic mass is 9.88. The van der Waals surface area contributed by atoms with Crippen molar-refractivity contribution >= 4 is 5.91 Å². The lowest BCUT2D eigenvalue weighted by Crippen LogP contribution is -2.38. The van der Waals surface area contributed by atoms with Crippen molar-refractivity contribution in [3.8, 4) is 5.88 Å². The van der Waals surface area contributed by atoms with Gasteiger partial charge in [-0.15, -0.1) is 0 Å². The molecule has 0 bridgehead atoms. The van der Waals surface area contributed by atoms with Gasteiger partial charge in [0.1, 0.15) is 18.2 Å². The van der Waals surface area contributed by atoms with E-state index in [0.29, 0.717) is 31.0 Å². The second-order valence-electron chi connectivity index (χ2n) is 8.39. The van der Waals surface area contributed by atoms with Crippen molar-refractivity contribution in [2.24, 2.45) is 0 Å². The predicted molar refractivity (Wildman–Crippen MR) is 129 cm³/mol. The fraction of sp³-hybridized carbons (Fsp3) is 0.333. The van der Waals surface area contributed by atoms with Gasteiger partial charge in [0.25, 0.3) is 5.91 Å². The smallest absolute Gasteiger partial charge is 0.252 e. The number of morpholine rings is 1. The van der Waals surface area contributed by atoms with Crippen molar-refractivity contribution in [1.29, 1.82) is 0 Å². The van der Waals surface area contributed by atoms with Gasteiger partial charge in [-0.2, -0.15) is 0 Å². The average molecular weight is 482 g/mol. The first-order chi connectivity index (χ1) is 17.1. The molecule has 0 saturated carbocycles. The summed E-state index contributed by atoms with van der Waals surface area (Å²) in [5.41, 5.74) is 2.23. The number of rotatable bonds is 10. The van der Waals surface area contributed by atoms with Crippen LogP contribution in [0.1, 0.15) is 33.8 Å². The van der Waals surface area contributed by atoms with Gasteiger partial charge in [-0.1, -0.05) is 24.3 Å². The van der Waals surface area contributed by atoms with Crippen LogP contribution in [0.3, 0.4) is 0 Å². The molecule has 1 aliphatic heterocycles. The van der Waals surface area contributed by atoms with Gasteiger partial charge in [0.05, 0.1) is 18.8 Å². The van der Waals surface area contributed by atoms with Crippen molar-refractivity contribution in [1.82, 2.24) is 15.2 Å². The summed E-state index contributed by atoms with van der Waals surface area (Å²) < 4.78 is 37.8. The second-order valence-corrected chi connectivity index (χ2v) is 8.39. The van der Waals surface area contributed by atoms with E-state index in [1.165, 1.54) is 30.5 Å². The normalized spacial score (nSPS) is 14.1. The first-order valence-corrected chi connectivity index (χ1v) is 11.8. The summed E-state index contributed by atoms with van der Waals surface area (Å²) >= 11 is 0. The first-order valence-electron chi connectivity index (χ1n) is 11.8. The van der Waals surface area contributed by atoms with Gasteiger partial charge in [-0.25, -0.2) is 13.8 Å². The number of carbonyl (C=O) groups is 1. The van der Waals surface area contributed by atoms with Crippen molar-refractivity contribution in [2.45, 2.75) is 12.3 Å². The van der Waals surface area contributed by atoms with E-state index >= 15 is 0 Å². The van der Waals surface area contributed by atoms with Crippen LogP contribution in [-0.2, 0) is 4.74 Å². The Labute approximate surface area is 203 Å². The molecule has 8 heteroatoms. The number of hydrogen-bond donors (Lipinski definition) is 1. The van der Waals surface area contributed by atoms with Crippen molar-refractivity contribution in [3.63, 3.8) is 0 Å². The number of pyridine rings is 1. The summed E-state index contributed by atoms with van der Waals surface area (Å²) in [6.45, 7) is 5.00. The third-order valence-electron chi connectivity index (χ3n) is 6.02. The van der Waals surface area contributed by atoms with Crippen LogP contribution in [0.5, 0.6) is 5.88 Å². The molecule has 6 nitrogen and oxygen atoms in total. The number of ether oxygens (including phenoxy) is 2. The van der Waals surface area contributed by atoms with E-state index in [2.05, 4.69) is 15.2 Å². The van der Waals surface area contributed by atoms with Crippen LogP contribution in [0.25, 0.3) is 0 Å². The molecule has 1 amide bonds. The third-order valence-corrected chi connectivity index (χ3v) is 6.02. The topological polar surface area (TPSA) is 63.7 Å². The quantitative estimate of drug-likeness (QED) is 0.474. The molecular formula is C27H29F2N3O3. The summed E-state index contributed by atoms with van der Waals surface area (Å²) in [7, 11) is 0. The van der Waals surface area contributed by atoms with Crippen molar-refractivity contribution in [2.75, 3.05) is 46.0 Å². The van der Waals surface area contributed by atoms with Crippen LogP contribution in [0.4, 0.5) is 8.78 Å². The van der Waals surface area contributed by atoms with Gasteiger partial charge in [-0.05, 0) is 47.9 Å². The summed E-state index contributed by atoms with van der Waals surface area (Å²) in [5.74, 6) is -0.518. The molecule has 0 unspecified atom stereocenters. The standard InChI is InChI=1S/C27H29F2N3O3/c28-23-6-1-20(2-7-23)25(21-3-8-24(29)9-4-21)11-12-30-27(33)22-5-10-26(31-19-22)35-18-15-32-13-16-34-17-14-32/h1-10,19,25H,11-18H2,(H,30,33). The molecule has 1 fully saturated rings. The number of aromatic nitrogens is 1. The van der Waals surface area contributed by atoms with Crippen molar-refractivity contribution < 1.29 is 23.0 Å². The van der Waals surface area contributed by atoms with Crippen LogP contribution in [0.2, 0.25) is 0 Å². The molecule has 1 saturated heterocycles.